The number of anilines is 1. The lowest BCUT2D eigenvalue weighted by Crippen LogP contribution is -2.18. The van der Waals surface area contributed by atoms with E-state index in [4.69, 9.17) is 11.6 Å². The summed E-state index contributed by atoms with van der Waals surface area (Å²) in [6.07, 6.45) is 0.996. The Labute approximate surface area is 107 Å². The Morgan fingerprint density at radius 2 is 2.24 bits per heavy atom. The predicted octanol–water partition coefficient (Wildman–Crippen LogP) is 3.91. The molecule has 0 radical (unpaired) electrons. The van der Waals surface area contributed by atoms with Crippen molar-refractivity contribution < 1.29 is 8.78 Å². The van der Waals surface area contributed by atoms with Crippen LogP contribution in [0.25, 0.3) is 0 Å². The van der Waals surface area contributed by atoms with Gasteiger partial charge in [-0.15, -0.1) is 0 Å². The van der Waals surface area contributed by atoms with E-state index in [0.29, 0.717) is 5.17 Å². The van der Waals surface area contributed by atoms with Crippen molar-refractivity contribution in [2.75, 3.05) is 11.1 Å². The highest BCUT2D eigenvalue weighted by Gasteiger charge is 2.16. The van der Waals surface area contributed by atoms with Crippen LogP contribution in [-0.4, -0.2) is 17.0 Å². The van der Waals surface area contributed by atoms with Crippen molar-refractivity contribution in [3.05, 3.63) is 28.8 Å². The number of nitrogens with zero attached hydrogens (tertiary/aromatic N) is 1. The number of amidine groups is 1. The van der Waals surface area contributed by atoms with Gasteiger partial charge in [-0.25, -0.2) is 8.78 Å². The van der Waals surface area contributed by atoms with E-state index in [-0.39, 0.29) is 16.8 Å². The Hall–Kier alpha value is -0.810. The molecule has 0 saturated carbocycles. The Balaban J connectivity index is 2.24. The molecule has 1 heterocycles. The minimum absolute atomic E-state index is 0.0176. The van der Waals surface area contributed by atoms with Gasteiger partial charge in [0, 0.05) is 11.8 Å². The highest BCUT2D eigenvalue weighted by molar-refractivity contribution is 8.14. The summed E-state index contributed by atoms with van der Waals surface area (Å²) in [5, 5.41) is 3.45. The first-order valence-corrected chi connectivity index (χ1v) is 6.55. The van der Waals surface area contributed by atoms with Crippen molar-refractivity contribution in [3.63, 3.8) is 0 Å². The van der Waals surface area contributed by atoms with E-state index >= 15 is 0 Å². The SMILES string of the molecule is CC1CCSC(Nc2c(F)cc(F)cc2Cl)=N1. The zero-order valence-electron chi connectivity index (χ0n) is 9.14. The Kier molecular flexibility index (Phi) is 3.89. The molecule has 1 unspecified atom stereocenters. The minimum Gasteiger partial charge on any atom is -0.331 e. The van der Waals surface area contributed by atoms with Gasteiger partial charge in [0.05, 0.1) is 16.8 Å². The van der Waals surface area contributed by atoms with Gasteiger partial charge in [0.25, 0.3) is 0 Å². The fourth-order valence-corrected chi connectivity index (χ4v) is 2.79. The lowest BCUT2D eigenvalue weighted by atomic mass is 10.3. The maximum absolute atomic E-state index is 13.5. The van der Waals surface area contributed by atoms with Gasteiger partial charge >= 0.3 is 0 Å². The van der Waals surface area contributed by atoms with E-state index in [1.165, 1.54) is 11.8 Å². The third-order valence-corrected chi connectivity index (χ3v) is 3.57. The topological polar surface area (TPSA) is 24.4 Å². The van der Waals surface area contributed by atoms with Gasteiger partial charge in [0.2, 0.25) is 0 Å². The monoisotopic (exact) mass is 276 g/mol. The van der Waals surface area contributed by atoms with Crippen molar-refractivity contribution in [1.29, 1.82) is 0 Å². The zero-order chi connectivity index (χ0) is 12.4. The summed E-state index contributed by atoms with van der Waals surface area (Å²) in [7, 11) is 0. The Morgan fingerprint density at radius 1 is 1.47 bits per heavy atom. The van der Waals surface area contributed by atoms with Crippen LogP contribution in [0.2, 0.25) is 5.02 Å². The van der Waals surface area contributed by atoms with Crippen molar-refractivity contribution in [3.8, 4) is 0 Å². The van der Waals surface area contributed by atoms with E-state index in [1.54, 1.807) is 0 Å². The summed E-state index contributed by atoms with van der Waals surface area (Å²) in [4.78, 5) is 4.33. The molecule has 1 aliphatic heterocycles. The summed E-state index contributed by atoms with van der Waals surface area (Å²) in [6, 6.07) is 2.08. The fraction of sp³-hybridized carbons (Fsp3) is 0.364. The second kappa shape index (κ2) is 5.23. The van der Waals surface area contributed by atoms with Crippen LogP contribution in [0.1, 0.15) is 13.3 Å². The number of hydrogen-bond acceptors (Lipinski definition) is 3. The van der Waals surface area contributed by atoms with E-state index < -0.39 is 11.6 Å². The number of hydrogen-bond donors (Lipinski definition) is 1. The van der Waals surface area contributed by atoms with Gasteiger partial charge in [-0.1, -0.05) is 23.4 Å². The van der Waals surface area contributed by atoms with E-state index in [2.05, 4.69) is 10.3 Å². The molecule has 1 aromatic carbocycles. The molecule has 0 aliphatic carbocycles. The number of aliphatic imine (C=N–C) groups is 1. The summed E-state index contributed by atoms with van der Waals surface area (Å²) in [5.74, 6) is -0.478. The highest BCUT2D eigenvalue weighted by Crippen LogP contribution is 2.28. The first kappa shape index (κ1) is 12.6. The predicted molar refractivity (Wildman–Crippen MR) is 69.0 cm³/mol. The van der Waals surface area contributed by atoms with E-state index in [0.717, 1.165) is 24.3 Å². The molecule has 2 nitrogen and oxygen atoms in total. The molecule has 17 heavy (non-hydrogen) atoms. The van der Waals surface area contributed by atoms with Gasteiger partial charge in [-0.3, -0.25) is 4.99 Å². The van der Waals surface area contributed by atoms with Gasteiger partial charge in [0.1, 0.15) is 5.82 Å². The average Bonchev–Trinajstić information content (AvgIpc) is 2.23. The number of rotatable bonds is 1. The third kappa shape index (κ3) is 3.10. The highest BCUT2D eigenvalue weighted by atomic mass is 35.5. The van der Waals surface area contributed by atoms with Crippen molar-refractivity contribution in [2.24, 2.45) is 4.99 Å². The number of nitrogens with one attached hydrogen (secondary N) is 1. The number of benzene rings is 1. The van der Waals surface area contributed by atoms with Gasteiger partial charge in [-0.05, 0) is 19.4 Å². The largest absolute Gasteiger partial charge is 0.331 e. The van der Waals surface area contributed by atoms with Crippen LogP contribution in [-0.2, 0) is 0 Å². The van der Waals surface area contributed by atoms with Crippen LogP contribution in [0.4, 0.5) is 14.5 Å². The average molecular weight is 277 g/mol. The molecule has 1 aliphatic rings. The lowest BCUT2D eigenvalue weighted by molar-refractivity contribution is 0.586. The van der Waals surface area contributed by atoms with Crippen molar-refractivity contribution in [2.45, 2.75) is 19.4 Å². The molecule has 0 saturated heterocycles. The molecule has 1 atom stereocenters. The van der Waals surface area contributed by atoms with Crippen molar-refractivity contribution in [1.82, 2.24) is 0 Å². The summed E-state index contributed by atoms with van der Waals surface area (Å²) < 4.78 is 26.4. The first-order valence-electron chi connectivity index (χ1n) is 5.18. The van der Waals surface area contributed by atoms with Crippen LogP contribution >= 0.6 is 23.4 Å². The van der Waals surface area contributed by atoms with Crippen LogP contribution in [0.3, 0.4) is 0 Å². The molecule has 6 heteroatoms. The summed E-state index contributed by atoms with van der Waals surface area (Å²) >= 11 is 7.29. The summed E-state index contributed by atoms with van der Waals surface area (Å²) in [6.45, 7) is 1.99. The van der Waals surface area contributed by atoms with Gasteiger partial charge in [-0.2, -0.15) is 0 Å². The molecule has 1 aromatic rings. The second-order valence-electron chi connectivity index (χ2n) is 3.79. The second-order valence-corrected chi connectivity index (χ2v) is 5.28. The Morgan fingerprint density at radius 3 is 2.88 bits per heavy atom. The molecule has 0 aromatic heterocycles. The zero-order valence-corrected chi connectivity index (χ0v) is 10.7. The molecule has 0 fully saturated rings. The maximum Gasteiger partial charge on any atom is 0.161 e. The molecule has 0 amide bonds. The normalized spacial score (nSPS) is 20.0. The lowest BCUT2D eigenvalue weighted by Gasteiger charge is -2.18. The van der Waals surface area contributed by atoms with Crippen molar-refractivity contribution >= 4 is 34.2 Å². The van der Waals surface area contributed by atoms with Gasteiger partial charge < -0.3 is 5.32 Å². The fourth-order valence-electron chi connectivity index (χ4n) is 1.47. The molecular formula is C11H11ClF2N2S. The number of thioether (sulfide) groups is 1. The maximum atomic E-state index is 13.5. The molecular weight excluding hydrogens is 266 g/mol. The standard InChI is InChI=1S/C11H11ClF2N2S/c1-6-2-3-17-11(15-6)16-10-8(12)4-7(13)5-9(10)14/h4-6H,2-3H2,1H3,(H,15,16). The minimum atomic E-state index is -0.712. The molecule has 2 rings (SSSR count). The van der Waals surface area contributed by atoms with E-state index in [9.17, 15) is 8.78 Å². The smallest absolute Gasteiger partial charge is 0.161 e. The van der Waals surface area contributed by atoms with Gasteiger partial charge in [0.15, 0.2) is 11.0 Å². The van der Waals surface area contributed by atoms with Crippen LogP contribution < -0.4 is 5.32 Å². The molecule has 0 bridgehead atoms. The summed E-state index contributed by atoms with van der Waals surface area (Å²) in [5.41, 5.74) is 0.0772. The molecule has 0 spiro atoms. The quantitative estimate of drug-likeness (QED) is 0.841. The van der Waals surface area contributed by atoms with Crippen LogP contribution in [0.5, 0.6) is 0 Å². The molecule has 1 N–H and O–H groups in total. The third-order valence-electron chi connectivity index (χ3n) is 2.35. The van der Waals surface area contributed by atoms with E-state index in [1.807, 2.05) is 6.92 Å². The first-order chi connectivity index (χ1) is 8.06. The van der Waals surface area contributed by atoms with Crippen LogP contribution in [0.15, 0.2) is 17.1 Å². The number of halogens is 3. The Bertz CT molecular complexity index is 442. The van der Waals surface area contributed by atoms with Crippen LogP contribution in [0, 0.1) is 11.6 Å². The molecule has 92 valence electrons.